The topological polar surface area (TPSA) is 82.2 Å². The third kappa shape index (κ3) is 6.64. The minimum atomic E-state index is -3.50. The first-order chi connectivity index (χ1) is 16.4. The highest BCUT2D eigenvalue weighted by molar-refractivity contribution is 7.89. The zero-order chi connectivity index (χ0) is 24.0. The van der Waals surface area contributed by atoms with Crippen molar-refractivity contribution in [2.24, 2.45) is 0 Å². The van der Waals surface area contributed by atoms with E-state index in [2.05, 4.69) is 22.3 Å². The number of aryl methyl sites for hydroxylation is 1. The van der Waals surface area contributed by atoms with Gasteiger partial charge in [0.05, 0.1) is 24.7 Å². The number of nitrogens with zero attached hydrogens (tertiary/aromatic N) is 3. The van der Waals surface area contributed by atoms with Crippen LogP contribution >= 0.6 is 0 Å². The molecule has 0 aliphatic carbocycles. The van der Waals surface area contributed by atoms with Gasteiger partial charge in [-0.3, -0.25) is 14.6 Å². The lowest BCUT2D eigenvalue weighted by Gasteiger charge is -2.33. The van der Waals surface area contributed by atoms with E-state index in [0.29, 0.717) is 31.1 Å². The predicted octanol–water partition coefficient (Wildman–Crippen LogP) is 1.81. The van der Waals surface area contributed by atoms with E-state index < -0.39 is 10.0 Å². The van der Waals surface area contributed by atoms with E-state index >= 15 is 0 Å². The van der Waals surface area contributed by atoms with Crippen molar-refractivity contribution in [3.63, 3.8) is 0 Å². The summed E-state index contributed by atoms with van der Waals surface area (Å²) in [4.78, 5) is 17.2. The van der Waals surface area contributed by atoms with Crippen LogP contribution in [0.5, 0.6) is 0 Å². The number of hydrogen-bond acceptors (Lipinski definition) is 6. The van der Waals surface area contributed by atoms with E-state index in [0.717, 1.165) is 50.5 Å². The standard InChI is InChI=1S/C25H34N4O4S/c1-21-2-8-24(9-3-21)34(31,32)29-14-12-28(13-15-29)20-25(30)26-23-6-4-22(5-7-23)10-11-27-16-18-33-19-17-27/h2-9H,10-20H2,1H3,(H,26,30). The van der Waals surface area contributed by atoms with Crippen LogP contribution in [0.25, 0.3) is 0 Å². The minimum absolute atomic E-state index is 0.0871. The van der Waals surface area contributed by atoms with Crippen molar-refractivity contribution in [3.05, 3.63) is 59.7 Å². The number of amides is 1. The van der Waals surface area contributed by atoms with Gasteiger partial charge in [-0.2, -0.15) is 4.31 Å². The van der Waals surface area contributed by atoms with Crippen LogP contribution in [-0.4, -0.2) is 94.0 Å². The number of carbonyl (C=O) groups excluding carboxylic acids is 1. The molecule has 0 saturated carbocycles. The van der Waals surface area contributed by atoms with Crippen molar-refractivity contribution >= 4 is 21.6 Å². The van der Waals surface area contributed by atoms with Gasteiger partial charge in [-0.15, -0.1) is 0 Å². The van der Waals surface area contributed by atoms with Gasteiger partial charge in [-0.05, 0) is 43.2 Å². The minimum Gasteiger partial charge on any atom is -0.379 e. The van der Waals surface area contributed by atoms with Gasteiger partial charge in [0.1, 0.15) is 0 Å². The second kappa shape index (κ2) is 11.4. The number of benzene rings is 2. The third-order valence-corrected chi connectivity index (χ3v) is 8.33. The summed E-state index contributed by atoms with van der Waals surface area (Å²) in [5.41, 5.74) is 3.05. The molecule has 1 amide bonds. The maximum atomic E-state index is 12.9. The lowest BCUT2D eigenvalue weighted by molar-refractivity contribution is -0.117. The number of sulfonamides is 1. The van der Waals surface area contributed by atoms with Crippen molar-refractivity contribution in [3.8, 4) is 0 Å². The zero-order valence-electron chi connectivity index (χ0n) is 19.8. The Hall–Kier alpha value is -2.30. The van der Waals surface area contributed by atoms with E-state index in [4.69, 9.17) is 4.74 Å². The Kier molecular flexibility index (Phi) is 8.33. The lowest BCUT2D eigenvalue weighted by atomic mass is 10.1. The largest absolute Gasteiger partial charge is 0.379 e. The normalized spacial score (nSPS) is 18.6. The molecule has 0 spiro atoms. The number of carbonyl (C=O) groups is 1. The number of rotatable bonds is 8. The molecule has 2 aromatic carbocycles. The molecule has 4 rings (SSSR count). The summed E-state index contributed by atoms with van der Waals surface area (Å²) in [6.07, 6.45) is 0.976. The molecule has 1 N–H and O–H groups in total. The first-order valence-corrected chi connectivity index (χ1v) is 13.3. The van der Waals surface area contributed by atoms with E-state index in [1.54, 1.807) is 12.1 Å². The SMILES string of the molecule is Cc1ccc(S(=O)(=O)N2CCN(CC(=O)Nc3ccc(CCN4CCOCC4)cc3)CC2)cc1. The fourth-order valence-electron chi connectivity index (χ4n) is 4.26. The van der Waals surface area contributed by atoms with E-state index in [1.165, 1.54) is 9.87 Å². The van der Waals surface area contributed by atoms with Crippen molar-refractivity contribution in [2.75, 3.05) is 70.9 Å². The summed E-state index contributed by atoms with van der Waals surface area (Å²) in [5.74, 6) is -0.0871. The smallest absolute Gasteiger partial charge is 0.243 e. The molecule has 0 unspecified atom stereocenters. The zero-order valence-corrected chi connectivity index (χ0v) is 20.6. The molecular formula is C25H34N4O4S. The first kappa shape index (κ1) is 24.8. The lowest BCUT2D eigenvalue weighted by Crippen LogP contribution is -2.50. The van der Waals surface area contributed by atoms with Gasteiger partial charge < -0.3 is 10.1 Å². The molecule has 184 valence electrons. The van der Waals surface area contributed by atoms with Gasteiger partial charge in [-0.25, -0.2) is 8.42 Å². The van der Waals surface area contributed by atoms with E-state index in [-0.39, 0.29) is 12.5 Å². The predicted molar refractivity (Wildman–Crippen MR) is 132 cm³/mol. The molecule has 2 saturated heterocycles. The monoisotopic (exact) mass is 486 g/mol. The Bertz CT molecular complexity index is 1040. The summed E-state index contributed by atoms with van der Waals surface area (Å²) in [6.45, 7) is 8.59. The van der Waals surface area contributed by atoms with E-state index in [1.807, 2.05) is 36.1 Å². The summed E-state index contributed by atoms with van der Waals surface area (Å²) >= 11 is 0. The number of ether oxygens (including phenoxy) is 1. The van der Waals surface area contributed by atoms with E-state index in [9.17, 15) is 13.2 Å². The van der Waals surface area contributed by atoms with Crippen molar-refractivity contribution in [2.45, 2.75) is 18.2 Å². The van der Waals surface area contributed by atoms with Gasteiger partial charge in [0.25, 0.3) is 0 Å². The molecule has 9 heteroatoms. The first-order valence-electron chi connectivity index (χ1n) is 11.9. The molecular weight excluding hydrogens is 452 g/mol. The fraction of sp³-hybridized carbons (Fsp3) is 0.480. The van der Waals surface area contributed by atoms with Crippen molar-refractivity contribution in [1.29, 1.82) is 0 Å². The summed E-state index contributed by atoms with van der Waals surface area (Å²) < 4.78 is 32.6. The third-order valence-electron chi connectivity index (χ3n) is 6.42. The molecule has 8 nitrogen and oxygen atoms in total. The van der Waals surface area contributed by atoms with Crippen molar-refractivity contribution in [1.82, 2.24) is 14.1 Å². The Morgan fingerprint density at radius 3 is 2.18 bits per heavy atom. The average Bonchev–Trinajstić information content (AvgIpc) is 2.85. The Labute approximate surface area is 202 Å². The molecule has 2 aliphatic heterocycles. The molecule has 2 aliphatic rings. The number of anilines is 1. The maximum absolute atomic E-state index is 12.9. The second-order valence-corrected chi connectivity index (χ2v) is 10.9. The van der Waals surface area contributed by atoms with Crippen LogP contribution in [0.2, 0.25) is 0 Å². The quantitative estimate of drug-likeness (QED) is 0.613. The van der Waals surface area contributed by atoms with Crippen LogP contribution in [0.4, 0.5) is 5.69 Å². The molecule has 0 atom stereocenters. The Morgan fingerprint density at radius 1 is 0.882 bits per heavy atom. The number of morpholine rings is 1. The Balaban J connectivity index is 1.20. The van der Waals surface area contributed by atoms with Crippen LogP contribution in [0, 0.1) is 6.92 Å². The van der Waals surface area contributed by atoms with Gasteiger partial charge in [0, 0.05) is 51.5 Å². The Morgan fingerprint density at radius 2 is 1.53 bits per heavy atom. The average molecular weight is 487 g/mol. The molecule has 2 aromatic rings. The molecule has 34 heavy (non-hydrogen) atoms. The molecule has 0 bridgehead atoms. The van der Waals surface area contributed by atoms with Gasteiger partial charge >= 0.3 is 0 Å². The summed E-state index contributed by atoms with van der Waals surface area (Å²) in [7, 11) is -3.50. The van der Waals surface area contributed by atoms with Gasteiger partial charge in [0.15, 0.2) is 0 Å². The second-order valence-electron chi connectivity index (χ2n) is 8.94. The summed E-state index contributed by atoms with van der Waals surface area (Å²) in [6, 6.07) is 14.9. The van der Waals surface area contributed by atoms with Crippen LogP contribution in [0.3, 0.4) is 0 Å². The molecule has 2 fully saturated rings. The highest BCUT2D eigenvalue weighted by atomic mass is 32.2. The van der Waals surface area contributed by atoms with Crippen LogP contribution in [0.15, 0.2) is 53.4 Å². The molecule has 0 aromatic heterocycles. The molecule has 0 radical (unpaired) electrons. The molecule has 2 heterocycles. The van der Waals surface area contributed by atoms with Gasteiger partial charge in [0.2, 0.25) is 15.9 Å². The summed E-state index contributed by atoms with van der Waals surface area (Å²) in [5, 5.41) is 2.96. The highest BCUT2D eigenvalue weighted by Gasteiger charge is 2.29. The van der Waals surface area contributed by atoms with Crippen LogP contribution in [0.1, 0.15) is 11.1 Å². The van der Waals surface area contributed by atoms with Crippen LogP contribution in [-0.2, 0) is 26.0 Å². The number of piperazine rings is 1. The van der Waals surface area contributed by atoms with Crippen molar-refractivity contribution < 1.29 is 17.9 Å². The van der Waals surface area contributed by atoms with Crippen LogP contribution < -0.4 is 5.32 Å². The number of nitrogens with one attached hydrogen (secondary N) is 1. The van der Waals surface area contributed by atoms with Gasteiger partial charge in [-0.1, -0.05) is 29.8 Å². The number of hydrogen-bond donors (Lipinski definition) is 1. The maximum Gasteiger partial charge on any atom is 0.243 e. The fourth-order valence-corrected chi connectivity index (χ4v) is 5.68. The highest BCUT2D eigenvalue weighted by Crippen LogP contribution is 2.18.